The Balaban J connectivity index is 2.07. The molecule has 0 aromatic heterocycles. The molecule has 0 saturated heterocycles. The highest BCUT2D eigenvalue weighted by atomic mass is 32.2. The number of carbonyl (C=O) groups excluding carboxylic acids is 2. The maximum atomic E-state index is 13.0. The number of hydrogen-bond donors (Lipinski definition) is 1. The highest BCUT2D eigenvalue weighted by molar-refractivity contribution is 7.99. The Kier molecular flexibility index (Phi) is 6.16. The number of hydrogen-bond acceptors (Lipinski definition) is 5. The Labute approximate surface area is 147 Å². The van der Waals surface area contributed by atoms with E-state index in [1.165, 1.54) is 25.3 Å². The van der Waals surface area contributed by atoms with E-state index < -0.39 is 29.5 Å². The van der Waals surface area contributed by atoms with E-state index in [1.807, 2.05) is 0 Å². The van der Waals surface area contributed by atoms with Gasteiger partial charge in [0.25, 0.3) is 0 Å². The van der Waals surface area contributed by atoms with Crippen molar-refractivity contribution in [1.29, 1.82) is 0 Å². The van der Waals surface area contributed by atoms with Gasteiger partial charge in [-0.2, -0.15) is 13.2 Å². The maximum Gasteiger partial charge on any atom is 0.417 e. The molecule has 1 N–H and O–H groups in total. The molecule has 25 heavy (non-hydrogen) atoms. The van der Waals surface area contributed by atoms with Crippen LogP contribution in [0.3, 0.4) is 0 Å². The zero-order valence-electron chi connectivity index (χ0n) is 13.4. The van der Waals surface area contributed by atoms with E-state index in [0.29, 0.717) is 6.42 Å². The third kappa shape index (κ3) is 4.78. The molecule has 4 nitrogen and oxygen atoms in total. The second-order valence-corrected chi connectivity index (χ2v) is 6.77. The van der Waals surface area contributed by atoms with Crippen molar-refractivity contribution in [3.05, 3.63) is 41.7 Å². The van der Waals surface area contributed by atoms with Crippen molar-refractivity contribution in [1.82, 2.24) is 0 Å². The first-order chi connectivity index (χ1) is 11.7. The van der Waals surface area contributed by atoms with E-state index in [0.717, 1.165) is 23.9 Å². The molecular weight excluding hydrogens is 357 g/mol. The molecule has 2 unspecified atom stereocenters. The number of alkyl halides is 3. The third-order valence-corrected chi connectivity index (χ3v) is 5.06. The number of rotatable bonds is 5. The first-order valence-corrected chi connectivity index (χ1v) is 8.53. The topological polar surface area (TPSA) is 63.6 Å². The fourth-order valence-electron chi connectivity index (χ4n) is 2.79. The molecule has 0 spiro atoms. The first kappa shape index (κ1) is 19.4. The van der Waals surface area contributed by atoms with Gasteiger partial charge in [-0.15, -0.1) is 11.8 Å². The predicted molar refractivity (Wildman–Crippen MR) is 86.1 cm³/mol. The van der Waals surface area contributed by atoms with Gasteiger partial charge in [-0.3, -0.25) is 9.59 Å². The minimum absolute atomic E-state index is 0.0469. The molecule has 8 heteroatoms. The molecule has 1 aliphatic carbocycles. The Hall–Kier alpha value is -1.96. The number of carbonyl (C=O) groups is 2. The summed E-state index contributed by atoms with van der Waals surface area (Å²) in [5.74, 6) is -2.52. The smallest absolute Gasteiger partial charge is 0.417 e. The summed E-state index contributed by atoms with van der Waals surface area (Å²) in [6, 6.07) is 5.24. The second kappa shape index (κ2) is 7.95. The summed E-state index contributed by atoms with van der Waals surface area (Å²) in [6.07, 6.45) is -3.10. The van der Waals surface area contributed by atoms with Gasteiger partial charge in [0, 0.05) is 17.4 Å². The lowest BCUT2D eigenvalue weighted by Gasteiger charge is -2.27. The summed E-state index contributed by atoms with van der Waals surface area (Å²) in [4.78, 5) is 23.5. The van der Waals surface area contributed by atoms with Crippen molar-refractivity contribution in [3.63, 3.8) is 0 Å². The summed E-state index contributed by atoms with van der Waals surface area (Å²) >= 11 is 1.01. The van der Waals surface area contributed by atoms with Gasteiger partial charge in [0.2, 0.25) is 0 Å². The average molecular weight is 374 g/mol. The van der Waals surface area contributed by atoms with Crippen LogP contribution in [-0.4, -0.2) is 29.7 Å². The van der Waals surface area contributed by atoms with Gasteiger partial charge in [0.15, 0.2) is 5.78 Å². The monoisotopic (exact) mass is 374 g/mol. The number of aliphatic hydroxyl groups excluding tert-OH is 1. The van der Waals surface area contributed by atoms with E-state index in [9.17, 15) is 27.9 Å². The van der Waals surface area contributed by atoms with Crippen molar-refractivity contribution < 1.29 is 32.6 Å². The van der Waals surface area contributed by atoms with E-state index in [-0.39, 0.29) is 28.6 Å². The van der Waals surface area contributed by atoms with Gasteiger partial charge in [-0.05, 0) is 30.2 Å². The lowest BCUT2D eigenvalue weighted by molar-refractivity contribution is -0.147. The van der Waals surface area contributed by atoms with Crippen molar-refractivity contribution in [2.45, 2.75) is 23.9 Å². The van der Waals surface area contributed by atoms with Crippen molar-refractivity contribution in [3.8, 4) is 0 Å². The molecule has 0 aliphatic heterocycles. The van der Waals surface area contributed by atoms with Crippen LogP contribution in [0.15, 0.2) is 41.0 Å². The molecule has 0 bridgehead atoms. The lowest BCUT2D eigenvalue weighted by Crippen LogP contribution is -2.32. The number of benzene rings is 1. The molecule has 0 saturated carbocycles. The summed E-state index contributed by atoms with van der Waals surface area (Å²) in [7, 11) is 1.18. The lowest BCUT2D eigenvalue weighted by atomic mass is 9.80. The molecule has 0 radical (unpaired) electrons. The number of methoxy groups -OCH3 is 1. The first-order valence-electron chi connectivity index (χ1n) is 7.54. The van der Waals surface area contributed by atoms with Crippen LogP contribution in [0.1, 0.15) is 18.4 Å². The Morgan fingerprint density at radius 1 is 1.36 bits per heavy atom. The average Bonchev–Trinajstić information content (AvgIpc) is 2.53. The van der Waals surface area contributed by atoms with Crippen LogP contribution in [0.4, 0.5) is 13.2 Å². The normalized spacial score (nSPS) is 21.0. The van der Waals surface area contributed by atoms with E-state index in [1.54, 1.807) is 0 Å². The number of aliphatic hydroxyl groups is 1. The Bertz CT molecular complexity index is 685. The van der Waals surface area contributed by atoms with Crippen LogP contribution < -0.4 is 0 Å². The van der Waals surface area contributed by atoms with Crippen molar-refractivity contribution in [2.75, 3.05) is 12.9 Å². The number of thioether (sulfide) groups is 1. The van der Waals surface area contributed by atoms with Gasteiger partial charge >= 0.3 is 12.1 Å². The van der Waals surface area contributed by atoms with Gasteiger partial charge < -0.3 is 9.84 Å². The van der Waals surface area contributed by atoms with Gasteiger partial charge in [0.05, 0.1) is 12.7 Å². The van der Waals surface area contributed by atoms with E-state index in [2.05, 4.69) is 4.74 Å². The third-order valence-electron chi connectivity index (χ3n) is 3.96. The Morgan fingerprint density at radius 3 is 2.68 bits per heavy atom. The van der Waals surface area contributed by atoms with Crippen LogP contribution in [0, 0.1) is 11.8 Å². The molecular formula is C17H17F3O4S. The standard InChI is InChI=1S/C17H17F3O4S/c1-24-16(23)15-10(8-11(21)9-13(15)22)6-7-25-14-5-3-2-4-12(14)17(18,19)20/h2-5,9-10,15,22H,6-8H2,1H3. The van der Waals surface area contributed by atoms with Crippen molar-refractivity contribution in [2.24, 2.45) is 11.8 Å². The minimum atomic E-state index is -4.44. The summed E-state index contributed by atoms with van der Waals surface area (Å²) in [6.45, 7) is 0. The molecule has 136 valence electrons. The zero-order valence-corrected chi connectivity index (χ0v) is 14.2. The molecule has 0 amide bonds. The minimum Gasteiger partial charge on any atom is -0.511 e. The molecule has 2 atom stereocenters. The Morgan fingerprint density at radius 2 is 2.04 bits per heavy atom. The molecule has 0 heterocycles. The van der Waals surface area contributed by atoms with Crippen LogP contribution in [0.25, 0.3) is 0 Å². The van der Waals surface area contributed by atoms with E-state index in [4.69, 9.17) is 0 Å². The largest absolute Gasteiger partial charge is 0.511 e. The van der Waals surface area contributed by atoms with Gasteiger partial charge in [0.1, 0.15) is 11.7 Å². The summed E-state index contributed by atoms with van der Waals surface area (Å²) < 4.78 is 43.6. The molecule has 0 fully saturated rings. The highest BCUT2D eigenvalue weighted by Gasteiger charge is 2.37. The predicted octanol–water partition coefficient (Wildman–Crippen LogP) is 4.01. The molecule has 1 aromatic carbocycles. The van der Waals surface area contributed by atoms with Crippen LogP contribution in [0.2, 0.25) is 0 Å². The van der Waals surface area contributed by atoms with Gasteiger partial charge in [-0.1, -0.05) is 12.1 Å². The van der Waals surface area contributed by atoms with Gasteiger partial charge in [-0.25, -0.2) is 0 Å². The number of halogens is 3. The molecule has 1 aromatic rings. The molecule has 1 aliphatic rings. The maximum absolute atomic E-state index is 13.0. The second-order valence-electron chi connectivity index (χ2n) is 5.63. The number of ether oxygens (including phenoxy) is 1. The number of ketones is 1. The fraction of sp³-hybridized carbons (Fsp3) is 0.412. The zero-order chi connectivity index (χ0) is 18.6. The van der Waals surface area contributed by atoms with Crippen LogP contribution >= 0.6 is 11.8 Å². The summed E-state index contributed by atoms with van der Waals surface area (Å²) in [5.41, 5.74) is -0.716. The summed E-state index contributed by atoms with van der Waals surface area (Å²) in [5, 5.41) is 9.86. The van der Waals surface area contributed by atoms with E-state index >= 15 is 0 Å². The highest BCUT2D eigenvalue weighted by Crippen LogP contribution is 2.38. The fourth-order valence-corrected chi connectivity index (χ4v) is 3.94. The number of allylic oxidation sites excluding steroid dienone is 1. The molecule has 2 rings (SSSR count). The number of esters is 1. The van der Waals surface area contributed by atoms with Crippen LogP contribution in [0.5, 0.6) is 0 Å². The van der Waals surface area contributed by atoms with Crippen molar-refractivity contribution >= 4 is 23.5 Å². The SMILES string of the molecule is COC(=O)C1C(O)=CC(=O)CC1CCSc1ccccc1C(F)(F)F. The quantitative estimate of drug-likeness (QED) is 0.623. The van der Waals surface area contributed by atoms with Crippen LogP contribution in [-0.2, 0) is 20.5 Å².